The molecule has 0 aromatic heterocycles. The number of nitrogens with zero attached hydrogens (tertiary/aromatic N) is 1. The summed E-state index contributed by atoms with van der Waals surface area (Å²) in [4.78, 5) is 13.1. The van der Waals surface area contributed by atoms with Crippen LogP contribution in [-0.4, -0.2) is 37.1 Å². The molecule has 0 atom stereocenters. The molecule has 3 nitrogen and oxygen atoms in total. The van der Waals surface area contributed by atoms with Crippen molar-refractivity contribution in [1.82, 2.24) is 10.2 Å². The maximum absolute atomic E-state index is 11.9. The van der Waals surface area contributed by atoms with E-state index in [1.54, 1.807) is 7.05 Å². The number of alkyl halides is 3. The van der Waals surface area contributed by atoms with Gasteiger partial charge in [-0.3, -0.25) is 4.79 Å². The van der Waals surface area contributed by atoms with E-state index in [1.807, 2.05) is 24.3 Å². The number of aryl methyl sites for hydroxylation is 1. The van der Waals surface area contributed by atoms with Crippen LogP contribution in [0.15, 0.2) is 24.3 Å². The predicted octanol–water partition coefficient (Wildman–Crippen LogP) is 2.36. The minimum atomic E-state index is -4.30. The quantitative estimate of drug-likeness (QED) is 0.871. The number of hydrogen-bond donors (Lipinski definition) is 1. The first-order valence-electron chi connectivity index (χ1n) is 6.41. The van der Waals surface area contributed by atoms with E-state index in [-0.39, 0.29) is 12.5 Å². The Balaban J connectivity index is 2.40. The third-order valence-electron chi connectivity index (χ3n) is 2.88. The molecule has 0 radical (unpaired) electrons. The highest BCUT2D eigenvalue weighted by molar-refractivity contribution is 5.77. The van der Waals surface area contributed by atoms with Crippen molar-refractivity contribution in [3.05, 3.63) is 35.4 Å². The molecule has 1 amide bonds. The molecule has 1 N–H and O–H groups in total. The van der Waals surface area contributed by atoms with Crippen LogP contribution in [0.25, 0.3) is 0 Å². The highest BCUT2D eigenvalue weighted by atomic mass is 19.4. The molecule has 0 aliphatic carbocycles. The molecule has 112 valence electrons. The van der Waals surface area contributed by atoms with Crippen molar-refractivity contribution in [3.8, 4) is 0 Å². The van der Waals surface area contributed by atoms with E-state index >= 15 is 0 Å². The Morgan fingerprint density at radius 2 is 1.75 bits per heavy atom. The maximum atomic E-state index is 11.9. The van der Waals surface area contributed by atoms with Gasteiger partial charge in [0, 0.05) is 13.6 Å². The van der Waals surface area contributed by atoms with Crippen LogP contribution < -0.4 is 5.32 Å². The highest BCUT2D eigenvalue weighted by Gasteiger charge is 2.26. The number of rotatable bonds is 6. The maximum Gasteiger partial charge on any atom is 0.401 e. The number of carbonyl (C=O) groups excluding carboxylic acids is 1. The number of carbonyl (C=O) groups is 1. The summed E-state index contributed by atoms with van der Waals surface area (Å²) < 4.78 is 35.8. The largest absolute Gasteiger partial charge is 0.401 e. The summed E-state index contributed by atoms with van der Waals surface area (Å²) in [6.07, 6.45) is -3.36. The molecule has 0 saturated carbocycles. The molecule has 0 fully saturated rings. The summed E-state index contributed by atoms with van der Waals surface area (Å²) >= 11 is 0. The van der Waals surface area contributed by atoms with E-state index < -0.39 is 12.7 Å². The summed E-state index contributed by atoms with van der Waals surface area (Å²) in [6, 6.07) is 7.81. The first-order valence-corrected chi connectivity index (χ1v) is 6.41. The Bertz CT molecular complexity index is 429. The van der Waals surface area contributed by atoms with Crippen molar-refractivity contribution in [2.75, 3.05) is 20.1 Å². The number of likely N-dealkylation sites (N-methyl/N-ethyl adjacent to an activating group) is 1. The Kier molecular flexibility index (Phi) is 6.01. The Hall–Kier alpha value is -1.56. The van der Waals surface area contributed by atoms with Crippen molar-refractivity contribution in [3.63, 3.8) is 0 Å². The molecule has 0 heterocycles. The third kappa shape index (κ3) is 6.06. The summed E-state index contributed by atoms with van der Waals surface area (Å²) in [5, 5.41) is 2.09. The molecule has 20 heavy (non-hydrogen) atoms. The number of amides is 1. The van der Waals surface area contributed by atoms with Gasteiger partial charge in [-0.1, -0.05) is 31.2 Å². The summed E-state index contributed by atoms with van der Waals surface area (Å²) in [6.45, 7) is 0.967. The second-order valence-corrected chi connectivity index (χ2v) is 4.64. The molecular formula is C14H19F3N2O. The molecular weight excluding hydrogens is 269 g/mol. The van der Waals surface area contributed by atoms with Gasteiger partial charge in [-0.25, -0.2) is 0 Å². The minimum Gasteiger partial charge on any atom is -0.340 e. The van der Waals surface area contributed by atoms with Crippen molar-refractivity contribution in [1.29, 1.82) is 0 Å². The lowest BCUT2D eigenvalue weighted by Crippen LogP contribution is -2.38. The molecule has 0 aliphatic rings. The molecule has 0 aliphatic heterocycles. The number of nitrogens with one attached hydrogen (secondary N) is 1. The van der Waals surface area contributed by atoms with Gasteiger partial charge in [-0.2, -0.15) is 13.2 Å². The highest BCUT2D eigenvalue weighted by Crippen LogP contribution is 2.12. The van der Waals surface area contributed by atoms with Crippen LogP contribution in [0.4, 0.5) is 13.2 Å². The Labute approximate surface area is 116 Å². The van der Waals surface area contributed by atoms with Gasteiger partial charge in [0.25, 0.3) is 0 Å². The minimum absolute atomic E-state index is 0.316. The van der Waals surface area contributed by atoms with E-state index in [9.17, 15) is 18.0 Å². The fraction of sp³-hybridized carbons (Fsp3) is 0.500. The molecule has 0 spiro atoms. The second kappa shape index (κ2) is 7.28. The van der Waals surface area contributed by atoms with Crippen molar-refractivity contribution >= 4 is 5.91 Å². The lowest BCUT2D eigenvalue weighted by Gasteiger charge is -2.18. The number of halogens is 3. The SMILES string of the molecule is CCc1ccc(CN(C)C(=O)CNCC(F)(F)F)cc1. The van der Waals surface area contributed by atoms with Crippen molar-refractivity contribution in [2.24, 2.45) is 0 Å². The van der Waals surface area contributed by atoms with Crippen LogP contribution in [-0.2, 0) is 17.8 Å². The van der Waals surface area contributed by atoms with Gasteiger partial charge in [0.2, 0.25) is 5.91 Å². The van der Waals surface area contributed by atoms with E-state index in [2.05, 4.69) is 12.2 Å². The van der Waals surface area contributed by atoms with Crippen LogP contribution >= 0.6 is 0 Å². The summed E-state index contributed by atoms with van der Waals surface area (Å²) in [5.41, 5.74) is 2.16. The van der Waals surface area contributed by atoms with Gasteiger partial charge in [0.15, 0.2) is 0 Å². The van der Waals surface area contributed by atoms with Crippen molar-refractivity contribution in [2.45, 2.75) is 26.1 Å². The van der Waals surface area contributed by atoms with Gasteiger partial charge in [0.1, 0.15) is 0 Å². The van der Waals surface area contributed by atoms with Crippen molar-refractivity contribution < 1.29 is 18.0 Å². The zero-order valence-electron chi connectivity index (χ0n) is 11.6. The third-order valence-corrected chi connectivity index (χ3v) is 2.88. The van der Waals surface area contributed by atoms with E-state index in [0.29, 0.717) is 6.54 Å². The van der Waals surface area contributed by atoms with Gasteiger partial charge in [-0.05, 0) is 17.5 Å². The topological polar surface area (TPSA) is 32.3 Å². The molecule has 1 aromatic rings. The Morgan fingerprint density at radius 1 is 1.20 bits per heavy atom. The Morgan fingerprint density at radius 3 is 2.25 bits per heavy atom. The monoisotopic (exact) mass is 288 g/mol. The van der Waals surface area contributed by atoms with Crippen LogP contribution in [0.3, 0.4) is 0 Å². The lowest BCUT2D eigenvalue weighted by molar-refractivity contribution is -0.133. The average Bonchev–Trinajstić information content (AvgIpc) is 2.38. The summed E-state index contributed by atoms with van der Waals surface area (Å²) in [5.74, 6) is -0.367. The zero-order chi connectivity index (χ0) is 15.2. The fourth-order valence-electron chi connectivity index (χ4n) is 1.69. The summed E-state index contributed by atoms with van der Waals surface area (Å²) in [7, 11) is 1.57. The fourth-order valence-corrected chi connectivity index (χ4v) is 1.69. The van der Waals surface area contributed by atoms with Crippen LogP contribution in [0.1, 0.15) is 18.1 Å². The van der Waals surface area contributed by atoms with Crippen LogP contribution in [0.5, 0.6) is 0 Å². The molecule has 0 unspecified atom stereocenters. The molecule has 6 heteroatoms. The van der Waals surface area contributed by atoms with Gasteiger partial charge >= 0.3 is 6.18 Å². The number of benzene rings is 1. The van der Waals surface area contributed by atoms with Gasteiger partial charge in [-0.15, -0.1) is 0 Å². The second-order valence-electron chi connectivity index (χ2n) is 4.64. The van der Waals surface area contributed by atoms with Gasteiger partial charge < -0.3 is 10.2 Å². The van der Waals surface area contributed by atoms with E-state index in [1.165, 1.54) is 10.5 Å². The van der Waals surface area contributed by atoms with E-state index in [4.69, 9.17) is 0 Å². The van der Waals surface area contributed by atoms with Crippen LogP contribution in [0, 0.1) is 0 Å². The lowest BCUT2D eigenvalue weighted by atomic mass is 10.1. The smallest absolute Gasteiger partial charge is 0.340 e. The molecule has 0 saturated heterocycles. The standard InChI is InChI=1S/C14H19F3N2O/c1-3-11-4-6-12(7-5-11)9-19(2)13(20)8-18-10-14(15,16)17/h4-7,18H,3,8-10H2,1-2H3. The predicted molar refractivity (Wildman–Crippen MR) is 71.2 cm³/mol. The first-order chi connectivity index (χ1) is 9.31. The average molecular weight is 288 g/mol. The number of hydrogen-bond acceptors (Lipinski definition) is 2. The zero-order valence-corrected chi connectivity index (χ0v) is 11.6. The molecule has 0 bridgehead atoms. The molecule has 1 aromatic carbocycles. The van der Waals surface area contributed by atoms with E-state index in [0.717, 1.165) is 12.0 Å². The first kappa shape index (κ1) is 16.5. The van der Waals surface area contributed by atoms with Gasteiger partial charge in [0.05, 0.1) is 13.1 Å². The molecule has 1 rings (SSSR count). The normalized spacial score (nSPS) is 11.4. The van der Waals surface area contributed by atoms with Crippen LogP contribution in [0.2, 0.25) is 0 Å².